The molecule has 1 fully saturated rings. The second kappa shape index (κ2) is 6.67. The van der Waals surface area contributed by atoms with E-state index in [1.165, 1.54) is 18.2 Å². The molecule has 0 saturated carbocycles. The zero-order valence-electron chi connectivity index (χ0n) is 11.7. The van der Waals surface area contributed by atoms with E-state index in [2.05, 4.69) is 22.2 Å². The van der Waals surface area contributed by atoms with Crippen molar-refractivity contribution in [1.82, 2.24) is 9.80 Å². The molecule has 110 valence electrons. The first-order valence-corrected chi connectivity index (χ1v) is 6.80. The first-order valence-electron chi connectivity index (χ1n) is 6.80. The van der Waals surface area contributed by atoms with Gasteiger partial charge in [0, 0.05) is 39.1 Å². The number of hydrogen-bond acceptors (Lipinski definition) is 4. The number of hydrogen-bond donors (Lipinski definition) is 2. The van der Waals surface area contributed by atoms with Crippen LogP contribution in [0, 0.1) is 5.82 Å². The van der Waals surface area contributed by atoms with Gasteiger partial charge in [0.1, 0.15) is 5.82 Å². The van der Waals surface area contributed by atoms with Crippen LogP contribution in [0.5, 0.6) is 0 Å². The Bertz CT molecular complexity index is 472. The van der Waals surface area contributed by atoms with Gasteiger partial charge in [0.05, 0.1) is 11.4 Å². The second-order valence-corrected chi connectivity index (χ2v) is 5.17. The number of piperazine rings is 1. The van der Waals surface area contributed by atoms with Crippen LogP contribution in [-0.4, -0.2) is 55.5 Å². The molecule has 1 aromatic rings. The van der Waals surface area contributed by atoms with Crippen LogP contribution in [0.15, 0.2) is 18.2 Å². The predicted molar refractivity (Wildman–Crippen MR) is 78.0 cm³/mol. The van der Waals surface area contributed by atoms with Crippen LogP contribution in [-0.2, 0) is 4.79 Å². The Kier molecular flexibility index (Phi) is 4.92. The third-order valence-corrected chi connectivity index (χ3v) is 3.54. The summed E-state index contributed by atoms with van der Waals surface area (Å²) in [4.78, 5) is 16.4. The molecule has 6 heteroatoms. The van der Waals surface area contributed by atoms with Crippen molar-refractivity contribution in [2.45, 2.75) is 6.42 Å². The molecule has 1 heterocycles. The monoisotopic (exact) mass is 280 g/mol. The van der Waals surface area contributed by atoms with Gasteiger partial charge in [0.25, 0.3) is 0 Å². The van der Waals surface area contributed by atoms with Crippen molar-refractivity contribution in [2.24, 2.45) is 0 Å². The molecular formula is C14H21FN4O. The smallest absolute Gasteiger partial charge is 0.225 e. The molecule has 0 aromatic heterocycles. The number of carbonyl (C=O) groups excluding carboxylic acids is 1. The predicted octanol–water partition coefficient (Wildman–Crippen LogP) is 0.984. The Morgan fingerprint density at radius 1 is 1.35 bits per heavy atom. The van der Waals surface area contributed by atoms with Gasteiger partial charge in [0.15, 0.2) is 0 Å². The number of nitrogens with zero attached hydrogens (tertiary/aromatic N) is 2. The summed E-state index contributed by atoms with van der Waals surface area (Å²) in [6.45, 7) is 4.73. The Labute approximate surface area is 118 Å². The first kappa shape index (κ1) is 14.7. The minimum atomic E-state index is -0.409. The maximum Gasteiger partial charge on any atom is 0.225 e. The fourth-order valence-corrected chi connectivity index (χ4v) is 2.18. The van der Waals surface area contributed by atoms with E-state index in [4.69, 9.17) is 5.73 Å². The van der Waals surface area contributed by atoms with Gasteiger partial charge in [-0.25, -0.2) is 4.39 Å². The quantitative estimate of drug-likeness (QED) is 0.807. The van der Waals surface area contributed by atoms with Gasteiger partial charge >= 0.3 is 0 Å². The lowest BCUT2D eigenvalue weighted by Gasteiger charge is -2.32. The van der Waals surface area contributed by atoms with Crippen LogP contribution in [0.25, 0.3) is 0 Å². The topological polar surface area (TPSA) is 61.6 Å². The molecule has 1 amide bonds. The van der Waals surface area contributed by atoms with E-state index in [9.17, 15) is 9.18 Å². The standard InChI is InChI=1S/C14H21FN4O/c1-18-6-8-19(9-7-18)5-4-14(20)17-13-10-11(15)2-3-12(13)16/h2-3,10H,4-9,16H2,1H3,(H,17,20). The van der Waals surface area contributed by atoms with Crippen molar-refractivity contribution in [3.63, 3.8) is 0 Å². The van der Waals surface area contributed by atoms with Crippen molar-refractivity contribution < 1.29 is 9.18 Å². The maximum atomic E-state index is 13.1. The van der Waals surface area contributed by atoms with Crippen LogP contribution in [0.2, 0.25) is 0 Å². The van der Waals surface area contributed by atoms with E-state index in [1.54, 1.807) is 0 Å². The lowest BCUT2D eigenvalue weighted by Crippen LogP contribution is -2.45. The summed E-state index contributed by atoms with van der Waals surface area (Å²) in [5, 5.41) is 2.66. The van der Waals surface area contributed by atoms with Crippen LogP contribution >= 0.6 is 0 Å². The number of likely N-dealkylation sites (N-methyl/N-ethyl adjacent to an activating group) is 1. The van der Waals surface area contributed by atoms with Gasteiger partial charge < -0.3 is 20.9 Å². The number of amides is 1. The van der Waals surface area contributed by atoms with E-state index < -0.39 is 5.82 Å². The van der Waals surface area contributed by atoms with E-state index in [0.717, 1.165) is 32.7 Å². The highest BCUT2D eigenvalue weighted by molar-refractivity contribution is 5.93. The average molecular weight is 280 g/mol. The fraction of sp³-hybridized carbons (Fsp3) is 0.500. The third-order valence-electron chi connectivity index (χ3n) is 3.54. The van der Waals surface area contributed by atoms with Crippen LogP contribution in [0.1, 0.15) is 6.42 Å². The van der Waals surface area contributed by atoms with E-state index in [-0.39, 0.29) is 5.91 Å². The normalized spacial score (nSPS) is 17.1. The summed E-state index contributed by atoms with van der Waals surface area (Å²) in [7, 11) is 2.09. The lowest BCUT2D eigenvalue weighted by molar-refractivity contribution is -0.116. The number of benzene rings is 1. The number of carbonyl (C=O) groups is 1. The van der Waals surface area contributed by atoms with Crippen LogP contribution < -0.4 is 11.1 Å². The van der Waals surface area contributed by atoms with Crippen molar-refractivity contribution in [3.05, 3.63) is 24.0 Å². The number of rotatable bonds is 4. The van der Waals surface area contributed by atoms with E-state index in [0.29, 0.717) is 17.8 Å². The molecule has 0 radical (unpaired) electrons. The molecule has 1 aliphatic rings. The Hall–Kier alpha value is -1.66. The van der Waals surface area contributed by atoms with Crippen molar-refractivity contribution >= 4 is 17.3 Å². The Balaban J connectivity index is 1.79. The summed E-state index contributed by atoms with van der Waals surface area (Å²) in [5.41, 5.74) is 6.41. The van der Waals surface area contributed by atoms with Gasteiger partial charge in [-0.2, -0.15) is 0 Å². The molecule has 1 saturated heterocycles. The highest BCUT2D eigenvalue weighted by Crippen LogP contribution is 2.19. The number of nitrogen functional groups attached to an aromatic ring is 1. The summed E-state index contributed by atoms with van der Waals surface area (Å²) >= 11 is 0. The molecule has 2 rings (SSSR count). The molecule has 0 unspecified atom stereocenters. The molecule has 0 aliphatic carbocycles. The van der Waals surface area contributed by atoms with Gasteiger partial charge in [-0.1, -0.05) is 0 Å². The average Bonchev–Trinajstić information content (AvgIpc) is 2.42. The Morgan fingerprint density at radius 3 is 2.75 bits per heavy atom. The molecule has 5 nitrogen and oxygen atoms in total. The SMILES string of the molecule is CN1CCN(CCC(=O)Nc2cc(F)ccc2N)CC1. The molecule has 0 spiro atoms. The van der Waals surface area contributed by atoms with E-state index >= 15 is 0 Å². The number of nitrogens with two attached hydrogens (primary N) is 1. The Morgan fingerprint density at radius 2 is 2.05 bits per heavy atom. The minimum Gasteiger partial charge on any atom is -0.397 e. The number of nitrogens with one attached hydrogen (secondary N) is 1. The summed E-state index contributed by atoms with van der Waals surface area (Å²) in [5.74, 6) is -0.546. The van der Waals surface area contributed by atoms with Crippen LogP contribution in [0.4, 0.5) is 15.8 Å². The third kappa shape index (κ3) is 4.18. The van der Waals surface area contributed by atoms with Crippen molar-refractivity contribution in [3.8, 4) is 0 Å². The zero-order chi connectivity index (χ0) is 14.5. The van der Waals surface area contributed by atoms with Gasteiger partial charge in [-0.05, 0) is 25.2 Å². The molecular weight excluding hydrogens is 259 g/mol. The fourth-order valence-electron chi connectivity index (χ4n) is 2.18. The molecule has 20 heavy (non-hydrogen) atoms. The van der Waals surface area contributed by atoms with Gasteiger partial charge in [-0.3, -0.25) is 4.79 Å². The van der Waals surface area contributed by atoms with E-state index in [1.807, 2.05) is 0 Å². The van der Waals surface area contributed by atoms with Crippen molar-refractivity contribution in [2.75, 3.05) is 50.8 Å². The highest BCUT2D eigenvalue weighted by Gasteiger charge is 2.15. The zero-order valence-corrected chi connectivity index (χ0v) is 11.7. The van der Waals surface area contributed by atoms with Gasteiger partial charge in [-0.15, -0.1) is 0 Å². The molecule has 3 N–H and O–H groups in total. The molecule has 1 aromatic carbocycles. The maximum absolute atomic E-state index is 13.1. The molecule has 0 bridgehead atoms. The van der Waals surface area contributed by atoms with Crippen LogP contribution in [0.3, 0.4) is 0 Å². The summed E-state index contributed by atoms with van der Waals surface area (Å²) in [6.07, 6.45) is 0.389. The van der Waals surface area contributed by atoms with Gasteiger partial charge in [0.2, 0.25) is 5.91 Å². The lowest BCUT2D eigenvalue weighted by atomic mass is 10.2. The second-order valence-electron chi connectivity index (χ2n) is 5.17. The summed E-state index contributed by atoms with van der Waals surface area (Å²) < 4.78 is 13.1. The largest absolute Gasteiger partial charge is 0.397 e. The summed E-state index contributed by atoms with van der Waals surface area (Å²) in [6, 6.07) is 3.96. The van der Waals surface area contributed by atoms with Crippen molar-refractivity contribution in [1.29, 1.82) is 0 Å². The number of halogens is 1. The first-order chi connectivity index (χ1) is 9.54. The minimum absolute atomic E-state index is 0.138. The highest BCUT2D eigenvalue weighted by atomic mass is 19.1. The molecule has 1 aliphatic heterocycles. The molecule has 0 atom stereocenters. The number of anilines is 2.